The van der Waals surface area contributed by atoms with Crippen molar-refractivity contribution in [3.8, 4) is 17.2 Å². The molecule has 0 fully saturated rings. The minimum absolute atomic E-state index is 0.0108. The van der Waals surface area contributed by atoms with Crippen molar-refractivity contribution in [1.82, 2.24) is 24.8 Å². The molecule has 6 aromatic carbocycles. The maximum Gasteiger partial charge on any atom is 0.534 e. The summed E-state index contributed by atoms with van der Waals surface area (Å²) in [4.78, 5) is 46.4. The first-order valence-electron chi connectivity index (χ1n) is 33.3. The molecule has 6 unspecified atom stereocenters. The Morgan fingerprint density at radius 1 is 0.566 bits per heavy atom. The first kappa shape index (κ1) is 82.0. The van der Waals surface area contributed by atoms with E-state index in [0.717, 1.165) is 97.1 Å². The summed E-state index contributed by atoms with van der Waals surface area (Å²) in [5, 5.41) is 12.8. The zero-order chi connectivity index (χ0) is 78.5. The van der Waals surface area contributed by atoms with Gasteiger partial charge in [-0.2, -0.15) is 26.6 Å². The number of aryl methyl sites for hydroxylation is 1. The third-order valence-corrected chi connectivity index (χ3v) is 18.6. The van der Waals surface area contributed by atoms with E-state index in [0.29, 0.717) is 53.4 Å². The predicted octanol–water partition coefficient (Wildman–Crippen LogP) is 17.0. The highest BCUT2D eigenvalue weighted by molar-refractivity contribution is 7.88. The molecule has 29 heteroatoms. The number of aromatic nitrogens is 2. The van der Waals surface area contributed by atoms with Crippen molar-refractivity contribution < 1.29 is 98.8 Å². The van der Waals surface area contributed by atoms with Crippen LogP contribution in [0.2, 0.25) is 0 Å². The number of rotatable bonds is 19. The minimum atomic E-state index is -5.94. The van der Waals surface area contributed by atoms with Gasteiger partial charge in [-0.1, -0.05) is 48.0 Å². The van der Waals surface area contributed by atoms with E-state index < -0.39 is 121 Å². The van der Waals surface area contributed by atoms with E-state index in [4.69, 9.17) is 16.2 Å². The number of halogens is 12. The predicted molar refractivity (Wildman–Crippen MR) is 372 cm³/mol. The number of hydrogen-bond acceptors (Lipinski definition) is 14. The normalized spacial score (nSPS) is 18.8. The number of benzene rings is 6. The number of alkyl halides is 6. The highest BCUT2D eigenvalue weighted by Gasteiger charge is 2.49. The van der Waals surface area contributed by atoms with Crippen molar-refractivity contribution >= 4 is 51.9 Å². The van der Waals surface area contributed by atoms with Gasteiger partial charge in [0.25, 0.3) is 5.89 Å². The summed E-state index contributed by atoms with van der Waals surface area (Å²) in [6.45, 7) is 22.6. The molecule has 16 nitrogen and oxygen atoms in total. The molecule has 3 aliphatic rings. The van der Waals surface area contributed by atoms with Crippen molar-refractivity contribution in [2.24, 2.45) is 0 Å². The summed E-state index contributed by atoms with van der Waals surface area (Å²) in [6, 6.07) is 16.1. The average Bonchev–Trinajstić information content (AvgIpc) is 0.783. The van der Waals surface area contributed by atoms with E-state index in [9.17, 15) is 49.1 Å². The molecule has 566 valence electrons. The van der Waals surface area contributed by atoms with Gasteiger partial charge in [0.2, 0.25) is 0 Å². The third kappa shape index (κ3) is 20.1. The maximum absolute atomic E-state index is 15.5. The van der Waals surface area contributed by atoms with Crippen LogP contribution in [-0.2, 0) is 59.7 Å². The Balaban J connectivity index is 0.000000201. The Bertz CT molecular complexity index is 4620. The van der Waals surface area contributed by atoms with Crippen molar-refractivity contribution in [2.45, 2.75) is 154 Å². The quantitative estimate of drug-likeness (QED) is 0.0201. The van der Waals surface area contributed by atoms with Gasteiger partial charge in [-0.05, 0) is 205 Å². The smallest absolute Gasteiger partial charge is 0.478 e. The van der Waals surface area contributed by atoms with Gasteiger partial charge in [-0.3, -0.25) is 14.7 Å². The summed E-state index contributed by atoms with van der Waals surface area (Å²) in [7, 11) is -3.60. The number of ether oxygens (including phenoxy) is 2. The van der Waals surface area contributed by atoms with Crippen LogP contribution in [-0.4, -0.2) is 131 Å². The lowest BCUT2D eigenvalue weighted by Gasteiger charge is -2.44. The van der Waals surface area contributed by atoms with Crippen molar-refractivity contribution in [3.05, 3.63) is 228 Å². The zero-order valence-corrected chi connectivity index (χ0v) is 60.6. The van der Waals surface area contributed by atoms with Crippen molar-refractivity contribution in [3.63, 3.8) is 0 Å². The fraction of sp³-hybridized carbons (Fsp3) is 0.377. The van der Waals surface area contributed by atoms with Gasteiger partial charge in [0.05, 0.1) is 38.9 Å². The van der Waals surface area contributed by atoms with E-state index in [2.05, 4.69) is 28.6 Å². The largest absolute Gasteiger partial charge is 0.534 e. The highest BCUT2D eigenvalue weighted by atomic mass is 32.2. The summed E-state index contributed by atoms with van der Waals surface area (Å²) >= 11 is 0. The molecular weight excluding hydrogens is 1430 g/mol. The number of carboxylic acids is 1. The first-order chi connectivity index (χ1) is 49.4. The lowest BCUT2D eigenvalue weighted by Crippen LogP contribution is -2.48. The molecule has 6 atom stereocenters. The van der Waals surface area contributed by atoms with Crippen LogP contribution in [0, 0.1) is 41.5 Å². The van der Waals surface area contributed by atoms with Gasteiger partial charge in [-0.15, -0.1) is 0 Å². The van der Waals surface area contributed by atoms with Gasteiger partial charge < -0.3 is 23.3 Å². The highest BCUT2D eigenvalue weighted by Crippen LogP contribution is 2.47. The average molecular weight is 1510 g/mol. The van der Waals surface area contributed by atoms with Crippen LogP contribution in [0.1, 0.15) is 160 Å². The second-order valence-corrected chi connectivity index (χ2v) is 29.3. The fourth-order valence-corrected chi connectivity index (χ4v) is 13.6. The molecule has 3 aliphatic heterocycles. The lowest BCUT2D eigenvalue weighted by molar-refractivity contribution is -0.135. The molecule has 7 aromatic rings. The third-order valence-electron chi connectivity index (χ3n) is 17.6. The number of fused-ring (bicyclic) bond motifs is 3. The lowest BCUT2D eigenvalue weighted by atomic mass is 9.83. The molecule has 4 heterocycles. The Hall–Kier alpha value is -9.63. The van der Waals surface area contributed by atoms with E-state index in [1.807, 2.05) is 26.8 Å². The van der Waals surface area contributed by atoms with Crippen LogP contribution in [0.5, 0.6) is 5.75 Å². The standard InChI is InChI=1S/C27H28F3N3O3.C25H25F6NO5S.C25H25F3N2O2/c1-5-22-31-26(36-32-22)17-7-8-19-18(13-17)10-15(2)33(14-27(3,4)30)25(19)24-20(28)11-16(12-21(24)29)6-9-23(34)35;1-14-9-16-12-17(37-38(34,35)25(29,30)31)6-7-18(16)23(32(14)13-24(2,3)28)22-19(26)10-15(11-20(22)27)5-8-21(33)36-4;1-15-10-17-13-18(29-4)7-8-19(17)24(30(15)14-25(2,3)28)23-20(26)11-16(12-21(23)27)6-9-22(31)32-5/h6-9,11-13,15,25H,5,10,14H2,1-4H3,(H,34,35);5-8,10-12,14,23H,9,13H2,1-4H3;6-9,11-13,15,24H,10,14H2,1-3,5H3/b9-6+;8-5+;9-6+. The maximum atomic E-state index is 15.5. The molecule has 0 bridgehead atoms. The Morgan fingerprint density at radius 3 is 1.26 bits per heavy atom. The Morgan fingerprint density at radius 2 is 0.925 bits per heavy atom. The molecule has 0 amide bonds. The van der Waals surface area contributed by atoms with Gasteiger partial charge in [0, 0.05) is 84.7 Å². The topological polar surface area (TPSA) is 186 Å². The second kappa shape index (κ2) is 33.0. The summed E-state index contributed by atoms with van der Waals surface area (Å²) < 4.78 is 216. The molecule has 1 aromatic heterocycles. The zero-order valence-electron chi connectivity index (χ0n) is 59.8. The summed E-state index contributed by atoms with van der Waals surface area (Å²) in [5.74, 6) is -7.59. The first-order valence-corrected chi connectivity index (χ1v) is 34.7. The van der Waals surface area contributed by atoms with E-state index in [1.54, 1.807) is 47.1 Å². The van der Waals surface area contributed by atoms with Crippen LogP contribution in [0.15, 0.2) is 114 Å². The van der Waals surface area contributed by atoms with Gasteiger partial charge >= 0.3 is 33.5 Å². The van der Waals surface area contributed by atoms with Crippen LogP contribution in [0.25, 0.3) is 34.5 Å². The van der Waals surface area contributed by atoms with Gasteiger partial charge in [0.15, 0.2) is 11.5 Å². The number of nitrogens with zero attached hydrogens (tertiary/aromatic N) is 6. The minimum Gasteiger partial charge on any atom is -0.478 e. The van der Waals surface area contributed by atoms with Crippen molar-refractivity contribution in [1.29, 1.82) is 0 Å². The van der Waals surface area contributed by atoms with Crippen LogP contribution < -0.4 is 4.18 Å². The fourth-order valence-electron chi connectivity index (χ4n) is 13.2. The number of aliphatic carboxylic acids is 1. The molecular formula is C77H78F12N6O10S. The molecule has 0 spiro atoms. The summed E-state index contributed by atoms with van der Waals surface area (Å²) in [6.07, 6.45) is 8.20. The number of carbonyl (C=O) groups excluding carboxylic acids is 2. The molecule has 10 rings (SSSR count). The molecule has 1 N–H and O–H groups in total. The summed E-state index contributed by atoms with van der Waals surface area (Å²) in [5.41, 5.74) is -6.61. The van der Waals surface area contributed by atoms with E-state index >= 15 is 26.3 Å². The van der Waals surface area contributed by atoms with Crippen LogP contribution in [0.4, 0.5) is 58.4 Å². The van der Waals surface area contributed by atoms with Gasteiger partial charge in [-0.25, -0.2) is 58.7 Å². The SMILES string of the molecule is CCc1noc(-c2ccc3c(c2)CC(C)N(CC(C)(C)F)C3c2c(F)cc(/C=C/C(=O)O)cc2F)n1.COC(=O)/C=C/c1cc(F)c(C2c3ccc(OS(=O)(=O)C(F)(F)F)cc3CC(C)N2CC(C)(C)F)c(F)c1.[C-]#[N+]c1ccc2c(c1)CC(C)N(CC(C)(C)F)C2c1c(F)cc(/C=C/C(=O)OC)cc1F. The number of methoxy groups -OCH3 is 2. The number of carbonyl (C=O) groups is 3. The van der Waals surface area contributed by atoms with Crippen molar-refractivity contribution in [2.75, 3.05) is 33.9 Å². The Kier molecular flexibility index (Phi) is 25.6. The second-order valence-electron chi connectivity index (χ2n) is 27.7. The molecule has 0 saturated heterocycles. The monoisotopic (exact) mass is 1510 g/mol. The van der Waals surface area contributed by atoms with Crippen LogP contribution >= 0.6 is 0 Å². The number of esters is 2. The number of carboxylic acid groups (broad SMARTS) is 1. The molecule has 0 aliphatic carbocycles. The van der Waals surface area contributed by atoms with E-state index in [1.165, 1.54) is 65.7 Å². The van der Waals surface area contributed by atoms with Crippen LogP contribution in [0.3, 0.4) is 0 Å². The van der Waals surface area contributed by atoms with E-state index in [-0.39, 0.29) is 77.1 Å². The Labute approximate surface area is 605 Å². The molecule has 0 radical (unpaired) electrons. The molecule has 106 heavy (non-hydrogen) atoms. The molecule has 0 saturated carbocycles. The number of hydrogen-bond donors (Lipinski definition) is 1. The van der Waals surface area contributed by atoms with Gasteiger partial charge in [0.1, 0.15) is 57.7 Å².